The highest BCUT2D eigenvalue weighted by atomic mass is 79.9. The summed E-state index contributed by atoms with van der Waals surface area (Å²) in [6.45, 7) is 2.19. The normalized spacial score (nSPS) is 14.6. The zero-order valence-electron chi connectivity index (χ0n) is 13.1. The van der Waals surface area contributed by atoms with Crippen LogP contribution in [0.3, 0.4) is 0 Å². The van der Waals surface area contributed by atoms with Gasteiger partial charge in [0.05, 0.1) is 11.4 Å². The number of carbonyl (C=O) groups excluding carboxylic acids is 3. The second-order valence-corrected chi connectivity index (χ2v) is 6.44. The average molecular weight is 383 g/mol. The van der Waals surface area contributed by atoms with Crippen molar-refractivity contribution in [2.24, 2.45) is 0 Å². The topological polar surface area (TPSA) is 95.7 Å². The highest BCUT2D eigenvalue weighted by Gasteiger charge is 2.32. The first-order valence-corrected chi connectivity index (χ1v) is 8.00. The smallest absolute Gasteiger partial charge is 0.326 e. The highest BCUT2D eigenvalue weighted by molar-refractivity contribution is 9.10. The van der Waals surface area contributed by atoms with Gasteiger partial charge in [0.2, 0.25) is 11.8 Å². The minimum atomic E-state index is -0.317. The number of benzene rings is 1. The van der Waals surface area contributed by atoms with Crippen LogP contribution in [-0.4, -0.2) is 47.8 Å². The molecule has 0 atom stereocenters. The molecule has 1 aromatic rings. The van der Waals surface area contributed by atoms with Crippen LogP contribution in [0, 0.1) is 6.92 Å². The second-order valence-electron chi connectivity index (χ2n) is 5.52. The van der Waals surface area contributed by atoms with Crippen molar-refractivity contribution in [2.45, 2.75) is 19.8 Å². The molecule has 0 radical (unpaired) electrons. The summed E-state index contributed by atoms with van der Waals surface area (Å²) >= 11 is 3.36. The van der Waals surface area contributed by atoms with Gasteiger partial charge >= 0.3 is 6.03 Å². The van der Waals surface area contributed by atoms with Gasteiger partial charge in [0.1, 0.15) is 6.54 Å². The maximum absolute atomic E-state index is 12.0. The van der Waals surface area contributed by atoms with Crippen molar-refractivity contribution in [2.75, 3.05) is 31.2 Å². The average Bonchev–Trinajstić information content (AvgIpc) is 2.70. The van der Waals surface area contributed by atoms with Crippen molar-refractivity contribution in [3.8, 4) is 0 Å². The van der Waals surface area contributed by atoms with Crippen LogP contribution >= 0.6 is 15.9 Å². The molecule has 8 heteroatoms. The van der Waals surface area contributed by atoms with Gasteiger partial charge < -0.3 is 16.0 Å². The molecule has 0 unspecified atom stereocenters. The standard InChI is InChI=1S/C15H19BrN4O3/c1-9-6-10(16)7-11(14(9)17)18-12(21)4-3-5-20-13(22)8-19(2)15(20)23/h6-7H,3-5,8,17H2,1-2H3,(H,18,21). The number of urea groups is 1. The molecule has 1 heterocycles. The predicted molar refractivity (Wildman–Crippen MR) is 90.9 cm³/mol. The quantitative estimate of drug-likeness (QED) is 0.600. The molecular formula is C15H19BrN4O3. The number of nitrogens with one attached hydrogen (secondary N) is 1. The number of halogens is 1. The Morgan fingerprint density at radius 3 is 2.70 bits per heavy atom. The van der Waals surface area contributed by atoms with E-state index in [1.54, 1.807) is 13.1 Å². The number of amides is 4. The number of nitrogens with two attached hydrogens (primary N) is 1. The van der Waals surface area contributed by atoms with Crippen LogP contribution in [0.15, 0.2) is 16.6 Å². The summed E-state index contributed by atoms with van der Waals surface area (Å²) in [4.78, 5) is 37.9. The lowest BCUT2D eigenvalue weighted by Gasteiger charge is -2.14. The SMILES string of the molecule is Cc1cc(Br)cc(NC(=O)CCCN2C(=O)CN(C)C2=O)c1N. The molecule has 1 saturated heterocycles. The molecule has 1 aromatic carbocycles. The van der Waals surface area contributed by atoms with E-state index in [2.05, 4.69) is 21.2 Å². The van der Waals surface area contributed by atoms with Gasteiger partial charge in [0, 0.05) is 24.5 Å². The van der Waals surface area contributed by atoms with Gasteiger partial charge in [0.15, 0.2) is 0 Å². The van der Waals surface area contributed by atoms with Gasteiger partial charge in [-0.3, -0.25) is 14.5 Å². The maximum atomic E-state index is 12.0. The van der Waals surface area contributed by atoms with Crippen molar-refractivity contribution in [3.05, 3.63) is 22.2 Å². The highest BCUT2D eigenvalue weighted by Crippen LogP contribution is 2.27. The molecule has 1 fully saturated rings. The van der Waals surface area contributed by atoms with E-state index in [0.717, 1.165) is 10.0 Å². The number of nitrogens with zero attached hydrogens (tertiary/aromatic N) is 2. The first kappa shape index (κ1) is 17.3. The number of anilines is 2. The van der Waals surface area contributed by atoms with Gasteiger partial charge in [-0.15, -0.1) is 0 Å². The van der Waals surface area contributed by atoms with Crippen LogP contribution in [0.2, 0.25) is 0 Å². The number of aryl methyl sites for hydroxylation is 1. The Balaban J connectivity index is 1.87. The molecule has 0 saturated carbocycles. The minimum Gasteiger partial charge on any atom is -0.397 e. The first-order valence-electron chi connectivity index (χ1n) is 7.20. The minimum absolute atomic E-state index is 0.0961. The number of imide groups is 1. The lowest BCUT2D eigenvalue weighted by atomic mass is 10.1. The second kappa shape index (κ2) is 6.99. The van der Waals surface area contributed by atoms with Gasteiger partial charge in [-0.2, -0.15) is 0 Å². The van der Waals surface area contributed by atoms with E-state index in [1.807, 2.05) is 13.0 Å². The van der Waals surface area contributed by atoms with E-state index in [0.29, 0.717) is 17.8 Å². The zero-order chi connectivity index (χ0) is 17.1. The molecule has 2 rings (SSSR count). The molecular weight excluding hydrogens is 364 g/mol. The molecule has 1 aliphatic rings. The largest absolute Gasteiger partial charge is 0.397 e. The molecule has 124 valence electrons. The molecule has 0 aromatic heterocycles. The number of hydrogen-bond donors (Lipinski definition) is 2. The maximum Gasteiger partial charge on any atom is 0.326 e. The summed E-state index contributed by atoms with van der Waals surface area (Å²) in [5, 5.41) is 2.76. The van der Waals surface area contributed by atoms with Crippen molar-refractivity contribution < 1.29 is 14.4 Å². The van der Waals surface area contributed by atoms with Crippen molar-refractivity contribution in [1.82, 2.24) is 9.80 Å². The van der Waals surface area contributed by atoms with Crippen LogP contribution in [0.25, 0.3) is 0 Å². The lowest BCUT2D eigenvalue weighted by molar-refractivity contribution is -0.125. The number of nitrogen functional groups attached to an aromatic ring is 1. The van der Waals surface area contributed by atoms with Crippen LogP contribution < -0.4 is 11.1 Å². The van der Waals surface area contributed by atoms with Gasteiger partial charge in [-0.25, -0.2) is 4.79 Å². The summed E-state index contributed by atoms with van der Waals surface area (Å²) in [5.41, 5.74) is 7.88. The van der Waals surface area contributed by atoms with Crippen LogP contribution in [0.1, 0.15) is 18.4 Å². The summed E-state index contributed by atoms with van der Waals surface area (Å²) in [7, 11) is 1.57. The molecule has 7 nitrogen and oxygen atoms in total. The third-order valence-electron chi connectivity index (χ3n) is 3.64. The van der Waals surface area contributed by atoms with Crippen LogP contribution in [-0.2, 0) is 9.59 Å². The van der Waals surface area contributed by atoms with E-state index < -0.39 is 0 Å². The summed E-state index contributed by atoms with van der Waals surface area (Å²) in [5.74, 6) is -0.439. The molecule has 4 amide bonds. The van der Waals surface area contributed by atoms with E-state index in [9.17, 15) is 14.4 Å². The van der Waals surface area contributed by atoms with Crippen molar-refractivity contribution in [1.29, 1.82) is 0 Å². The molecule has 0 aliphatic carbocycles. The van der Waals surface area contributed by atoms with Crippen molar-refractivity contribution >= 4 is 45.2 Å². The Morgan fingerprint density at radius 1 is 1.39 bits per heavy atom. The lowest BCUT2D eigenvalue weighted by Crippen LogP contribution is -2.32. The Bertz CT molecular complexity index is 662. The van der Waals surface area contributed by atoms with Gasteiger partial charge in [-0.05, 0) is 31.0 Å². The van der Waals surface area contributed by atoms with Crippen molar-refractivity contribution in [3.63, 3.8) is 0 Å². The monoisotopic (exact) mass is 382 g/mol. The van der Waals surface area contributed by atoms with E-state index in [4.69, 9.17) is 5.73 Å². The van der Waals surface area contributed by atoms with Crippen LogP contribution in [0.5, 0.6) is 0 Å². The predicted octanol–water partition coefficient (Wildman–Crippen LogP) is 1.95. The number of carbonyl (C=O) groups is 3. The Hall–Kier alpha value is -2.09. The molecule has 3 N–H and O–H groups in total. The van der Waals surface area contributed by atoms with Gasteiger partial charge in [-0.1, -0.05) is 15.9 Å². The summed E-state index contributed by atoms with van der Waals surface area (Å²) < 4.78 is 0.829. The summed E-state index contributed by atoms with van der Waals surface area (Å²) in [6.07, 6.45) is 0.607. The number of hydrogen-bond acceptors (Lipinski definition) is 4. The fraction of sp³-hybridized carbons (Fsp3) is 0.400. The Labute approximate surface area is 142 Å². The number of likely N-dealkylation sites (N-methyl/N-ethyl adjacent to an activating group) is 1. The fourth-order valence-electron chi connectivity index (χ4n) is 2.36. The third-order valence-corrected chi connectivity index (χ3v) is 4.10. The Kier molecular flexibility index (Phi) is 5.25. The fourth-order valence-corrected chi connectivity index (χ4v) is 2.93. The van der Waals surface area contributed by atoms with Gasteiger partial charge in [0.25, 0.3) is 0 Å². The van der Waals surface area contributed by atoms with E-state index in [-0.39, 0.29) is 37.4 Å². The third kappa shape index (κ3) is 4.01. The Morgan fingerprint density at radius 2 is 2.09 bits per heavy atom. The molecule has 23 heavy (non-hydrogen) atoms. The summed E-state index contributed by atoms with van der Waals surface area (Å²) in [6, 6.07) is 3.29. The zero-order valence-corrected chi connectivity index (χ0v) is 14.6. The van der Waals surface area contributed by atoms with E-state index >= 15 is 0 Å². The molecule has 1 aliphatic heterocycles. The number of rotatable bonds is 5. The molecule has 0 bridgehead atoms. The van der Waals surface area contributed by atoms with E-state index in [1.165, 1.54) is 9.80 Å². The van der Waals surface area contributed by atoms with Crippen LogP contribution in [0.4, 0.5) is 16.2 Å². The first-order chi connectivity index (χ1) is 10.8. The molecule has 0 spiro atoms.